The molecule has 0 fully saturated rings. The number of hydrogen-bond donors (Lipinski definition) is 1. The van der Waals surface area contributed by atoms with E-state index in [1.54, 1.807) is 62.9 Å². The predicted molar refractivity (Wildman–Crippen MR) is 98.3 cm³/mol. The largest absolute Gasteiger partial charge is 0.493 e. The number of ketones is 2. The van der Waals surface area contributed by atoms with Gasteiger partial charge in [-0.1, -0.05) is 6.07 Å². The molecule has 0 aromatic heterocycles. The number of allylic oxidation sites excluding steroid dienone is 1. The van der Waals surface area contributed by atoms with E-state index in [9.17, 15) is 9.59 Å². The van der Waals surface area contributed by atoms with Crippen LogP contribution in [0.3, 0.4) is 0 Å². The molecule has 1 N–H and O–H groups in total. The Bertz CT molecular complexity index is 807. The van der Waals surface area contributed by atoms with Gasteiger partial charge in [-0.3, -0.25) is 9.59 Å². The van der Waals surface area contributed by atoms with Crippen LogP contribution < -0.4 is 14.8 Å². The topological polar surface area (TPSA) is 64.6 Å². The van der Waals surface area contributed by atoms with Gasteiger partial charge in [0.1, 0.15) is 0 Å². The minimum atomic E-state index is -0.0833. The Morgan fingerprint density at radius 1 is 0.880 bits per heavy atom. The number of benzene rings is 2. The molecule has 0 saturated heterocycles. The first-order chi connectivity index (χ1) is 12.0. The number of Topliss-reactive ketones (excluding diaryl/α,β-unsaturated/α-hetero) is 2. The molecule has 2 rings (SSSR count). The first kappa shape index (κ1) is 18.3. The summed E-state index contributed by atoms with van der Waals surface area (Å²) in [5.41, 5.74) is 2.65. The third kappa shape index (κ3) is 4.47. The normalized spacial score (nSPS) is 11.0. The van der Waals surface area contributed by atoms with Crippen molar-refractivity contribution in [3.8, 4) is 11.5 Å². The predicted octanol–water partition coefficient (Wildman–Crippen LogP) is 3.95. The highest BCUT2D eigenvalue weighted by molar-refractivity contribution is 6.19. The van der Waals surface area contributed by atoms with E-state index in [0.717, 1.165) is 11.3 Å². The quantitative estimate of drug-likeness (QED) is 0.611. The summed E-state index contributed by atoms with van der Waals surface area (Å²) in [5, 5.41) is 3.09. The monoisotopic (exact) mass is 339 g/mol. The average molecular weight is 339 g/mol. The lowest BCUT2D eigenvalue weighted by Gasteiger charge is -2.11. The maximum Gasteiger partial charge on any atom is 0.161 e. The van der Waals surface area contributed by atoms with Crippen LogP contribution in [0, 0.1) is 0 Å². The van der Waals surface area contributed by atoms with Crippen LogP contribution in [0.1, 0.15) is 29.8 Å². The van der Waals surface area contributed by atoms with Crippen LogP contribution in [0.15, 0.2) is 48.7 Å². The molecule has 0 saturated carbocycles. The Labute approximate surface area is 147 Å². The summed E-state index contributed by atoms with van der Waals surface area (Å²) >= 11 is 0. The molecule has 2 aromatic rings. The second-order valence-corrected chi connectivity index (χ2v) is 5.46. The smallest absolute Gasteiger partial charge is 0.161 e. The molecule has 5 heteroatoms. The maximum atomic E-state index is 12.0. The van der Waals surface area contributed by atoms with Crippen LogP contribution in [0.25, 0.3) is 5.57 Å². The van der Waals surface area contributed by atoms with E-state index in [0.29, 0.717) is 22.6 Å². The molecule has 5 nitrogen and oxygen atoms in total. The maximum absolute atomic E-state index is 12.0. The van der Waals surface area contributed by atoms with Crippen LogP contribution in [0.5, 0.6) is 11.5 Å². The van der Waals surface area contributed by atoms with Crippen molar-refractivity contribution in [1.29, 1.82) is 0 Å². The minimum Gasteiger partial charge on any atom is -0.493 e. The van der Waals surface area contributed by atoms with Crippen molar-refractivity contribution in [1.82, 2.24) is 0 Å². The molecule has 0 aliphatic rings. The first-order valence-corrected chi connectivity index (χ1v) is 7.77. The van der Waals surface area contributed by atoms with Gasteiger partial charge >= 0.3 is 0 Å². The summed E-state index contributed by atoms with van der Waals surface area (Å²) in [6.45, 7) is 3.02. The third-order valence-corrected chi connectivity index (χ3v) is 3.75. The van der Waals surface area contributed by atoms with Gasteiger partial charge in [-0.05, 0) is 55.8 Å². The van der Waals surface area contributed by atoms with Gasteiger partial charge in [0, 0.05) is 23.0 Å². The molecular weight excluding hydrogens is 318 g/mol. The zero-order valence-electron chi connectivity index (χ0n) is 14.8. The van der Waals surface area contributed by atoms with E-state index >= 15 is 0 Å². The molecular formula is C20H21NO4. The highest BCUT2D eigenvalue weighted by Gasteiger charge is 2.11. The van der Waals surface area contributed by atoms with Crippen molar-refractivity contribution >= 4 is 22.8 Å². The van der Waals surface area contributed by atoms with Gasteiger partial charge in [-0.25, -0.2) is 0 Å². The average Bonchev–Trinajstić information content (AvgIpc) is 2.61. The van der Waals surface area contributed by atoms with Gasteiger partial charge in [0.05, 0.1) is 14.2 Å². The van der Waals surface area contributed by atoms with Gasteiger partial charge in [0.25, 0.3) is 0 Å². The first-order valence-electron chi connectivity index (χ1n) is 7.77. The Morgan fingerprint density at radius 2 is 1.48 bits per heavy atom. The molecule has 130 valence electrons. The number of carbonyl (C=O) groups is 2. The van der Waals surface area contributed by atoms with Crippen LogP contribution in [0.4, 0.5) is 5.69 Å². The van der Waals surface area contributed by atoms with Gasteiger partial charge < -0.3 is 14.8 Å². The SMILES string of the molecule is COc1ccc(/C(=C/Nc2ccc(C(C)=O)cc2)C(C)=O)cc1OC. The number of carbonyl (C=O) groups excluding carboxylic acids is 2. The van der Waals surface area contributed by atoms with Gasteiger partial charge in [-0.15, -0.1) is 0 Å². The third-order valence-electron chi connectivity index (χ3n) is 3.75. The molecule has 0 unspecified atom stereocenters. The van der Waals surface area contributed by atoms with E-state index in [-0.39, 0.29) is 11.6 Å². The Balaban J connectivity index is 2.30. The van der Waals surface area contributed by atoms with Gasteiger partial charge in [0.2, 0.25) is 0 Å². The Hall–Kier alpha value is -3.08. The summed E-state index contributed by atoms with van der Waals surface area (Å²) in [6, 6.07) is 12.4. The second kappa shape index (κ2) is 8.15. The number of ether oxygens (including phenoxy) is 2. The lowest BCUT2D eigenvalue weighted by molar-refractivity contribution is -0.111. The zero-order chi connectivity index (χ0) is 18.4. The lowest BCUT2D eigenvalue weighted by Crippen LogP contribution is -2.01. The van der Waals surface area contributed by atoms with Crippen molar-refractivity contribution in [3.63, 3.8) is 0 Å². The molecule has 2 aromatic carbocycles. The summed E-state index contributed by atoms with van der Waals surface area (Å²) in [5.74, 6) is 1.08. The summed E-state index contributed by atoms with van der Waals surface area (Å²) in [4.78, 5) is 23.3. The van der Waals surface area contributed by atoms with Crippen molar-refractivity contribution in [2.24, 2.45) is 0 Å². The summed E-state index contributed by atoms with van der Waals surface area (Å²) < 4.78 is 10.5. The van der Waals surface area contributed by atoms with E-state index in [4.69, 9.17) is 9.47 Å². The van der Waals surface area contributed by atoms with Gasteiger partial charge in [-0.2, -0.15) is 0 Å². The zero-order valence-corrected chi connectivity index (χ0v) is 14.8. The number of methoxy groups -OCH3 is 2. The van der Waals surface area contributed by atoms with Crippen LogP contribution in [-0.4, -0.2) is 25.8 Å². The van der Waals surface area contributed by atoms with Crippen molar-refractivity contribution in [3.05, 3.63) is 59.8 Å². The van der Waals surface area contributed by atoms with Crippen molar-refractivity contribution in [2.45, 2.75) is 13.8 Å². The highest BCUT2D eigenvalue weighted by atomic mass is 16.5. The highest BCUT2D eigenvalue weighted by Crippen LogP contribution is 2.30. The standard InChI is InChI=1S/C20H21NO4/c1-13(22)15-5-8-17(9-6-15)21-12-18(14(2)23)16-7-10-19(24-3)20(11-16)25-4/h5-12,21H,1-4H3/b18-12+. The number of nitrogens with one attached hydrogen (secondary N) is 1. The van der Waals surface area contributed by atoms with E-state index in [1.165, 1.54) is 13.8 Å². The fourth-order valence-electron chi connectivity index (χ4n) is 2.35. The van der Waals surface area contributed by atoms with Crippen LogP contribution >= 0.6 is 0 Å². The number of hydrogen-bond acceptors (Lipinski definition) is 5. The Morgan fingerprint density at radius 3 is 2.00 bits per heavy atom. The van der Waals surface area contributed by atoms with Crippen LogP contribution in [-0.2, 0) is 4.79 Å². The minimum absolute atomic E-state index is 0.0110. The Kier molecular flexibility index (Phi) is 5.95. The lowest BCUT2D eigenvalue weighted by atomic mass is 10.0. The molecule has 0 aliphatic carbocycles. The fraction of sp³-hybridized carbons (Fsp3) is 0.200. The molecule has 0 aliphatic heterocycles. The van der Waals surface area contributed by atoms with Crippen LogP contribution in [0.2, 0.25) is 0 Å². The fourth-order valence-corrected chi connectivity index (χ4v) is 2.35. The number of rotatable bonds is 7. The van der Waals surface area contributed by atoms with Gasteiger partial charge in [0.15, 0.2) is 23.1 Å². The molecule has 0 amide bonds. The molecule has 0 bridgehead atoms. The molecule has 0 heterocycles. The van der Waals surface area contributed by atoms with E-state index in [1.807, 2.05) is 0 Å². The van der Waals surface area contributed by atoms with Crippen molar-refractivity contribution in [2.75, 3.05) is 19.5 Å². The molecule has 0 spiro atoms. The van der Waals surface area contributed by atoms with E-state index in [2.05, 4.69) is 5.32 Å². The van der Waals surface area contributed by atoms with E-state index < -0.39 is 0 Å². The summed E-state index contributed by atoms with van der Waals surface area (Å²) in [7, 11) is 3.11. The molecule has 25 heavy (non-hydrogen) atoms. The molecule has 0 atom stereocenters. The molecule has 0 radical (unpaired) electrons. The van der Waals surface area contributed by atoms with Crippen molar-refractivity contribution < 1.29 is 19.1 Å². The second-order valence-electron chi connectivity index (χ2n) is 5.46. The summed E-state index contributed by atoms with van der Waals surface area (Å²) in [6.07, 6.45) is 1.65. The number of anilines is 1.